The van der Waals surface area contributed by atoms with Crippen LogP contribution in [0, 0.1) is 11.6 Å². The third kappa shape index (κ3) is 2.53. The second kappa shape index (κ2) is 5.46. The molecule has 1 aliphatic rings. The van der Waals surface area contributed by atoms with Crippen molar-refractivity contribution < 1.29 is 13.3 Å². The van der Waals surface area contributed by atoms with Crippen LogP contribution in [-0.4, -0.2) is 10.1 Å². The lowest BCUT2D eigenvalue weighted by molar-refractivity contribution is 0.372. The van der Waals surface area contributed by atoms with E-state index in [0.717, 1.165) is 43.9 Å². The van der Waals surface area contributed by atoms with Crippen LogP contribution in [0.3, 0.4) is 0 Å². The molecule has 0 radical (unpaired) electrons. The van der Waals surface area contributed by atoms with Crippen molar-refractivity contribution in [2.75, 3.05) is 0 Å². The molecule has 7 heteroatoms. The molecule has 0 saturated heterocycles. The van der Waals surface area contributed by atoms with Crippen molar-refractivity contribution in [1.82, 2.24) is 10.1 Å². The molecule has 0 spiro atoms. The Hall–Kier alpha value is -1.53. The molecule has 0 aliphatic heterocycles. The Morgan fingerprint density at radius 2 is 1.90 bits per heavy atom. The van der Waals surface area contributed by atoms with E-state index in [0.29, 0.717) is 5.82 Å². The largest absolute Gasteiger partial charge is 0.334 e. The highest BCUT2D eigenvalue weighted by atomic mass is 35.5. The van der Waals surface area contributed by atoms with Crippen LogP contribution in [0.1, 0.15) is 31.5 Å². The average molecular weight is 302 g/mol. The first-order valence-electron chi connectivity index (χ1n) is 6.17. The maximum atomic E-state index is 13.6. The lowest BCUT2D eigenvalue weighted by Crippen LogP contribution is -2.34. The fourth-order valence-electron chi connectivity index (χ4n) is 2.43. The number of halogens is 3. The SMILES string of the molecule is Cl.NC1(c2noc(-c3cc(F)ccc3F)n2)CCCC1. The topological polar surface area (TPSA) is 64.9 Å². The highest BCUT2D eigenvalue weighted by Gasteiger charge is 2.36. The van der Waals surface area contributed by atoms with Gasteiger partial charge in [-0.15, -0.1) is 12.4 Å². The van der Waals surface area contributed by atoms with E-state index in [1.165, 1.54) is 0 Å². The minimum absolute atomic E-state index is 0. The fourth-order valence-corrected chi connectivity index (χ4v) is 2.43. The smallest absolute Gasteiger partial charge is 0.261 e. The molecule has 0 atom stereocenters. The zero-order valence-corrected chi connectivity index (χ0v) is 11.4. The van der Waals surface area contributed by atoms with Gasteiger partial charge in [-0.25, -0.2) is 8.78 Å². The summed E-state index contributed by atoms with van der Waals surface area (Å²) < 4.78 is 31.8. The highest BCUT2D eigenvalue weighted by molar-refractivity contribution is 5.85. The molecule has 2 aromatic rings. The van der Waals surface area contributed by atoms with E-state index in [4.69, 9.17) is 10.3 Å². The van der Waals surface area contributed by atoms with E-state index >= 15 is 0 Å². The summed E-state index contributed by atoms with van der Waals surface area (Å²) in [5, 5.41) is 3.82. The Morgan fingerprint density at radius 3 is 2.60 bits per heavy atom. The summed E-state index contributed by atoms with van der Waals surface area (Å²) in [6.07, 6.45) is 3.57. The van der Waals surface area contributed by atoms with E-state index < -0.39 is 17.2 Å². The van der Waals surface area contributed by atoms with Gasteiger partial charge < -0.3 is 10.3 Å². The first-order valence-corrected chi connectivity index (χ1v) is 6.17. The number of nitrogens with zero attached hydrogens (tertiary/aromatic N) is 2. The molecule has 1 aliphatic carbocycles. The van der Waals surface area contributed by atoms with Gasteiger partial charge in [0.1, 0.15) is 11.6 Å². The first-order chi connectivity index (χ1) is 9.08. The van der Waals surface area contributed by atoms with Crippen molar-refractivity contribution in [3.63, 3.8) is 0 Å². The summed E-state index contributed by atoms with van der Waals surface area (Å²) in [4.78, 5) is 4.13. The second-order valence-corrected chi connectivity index (χ2v) is 4.91. The number of rotatable bonds is 2. The predicted octanol–water partition coefficient (Wildman–Crippen LogP) is 3.16. The van der Waals surface area contributed by atoms with E-state index in [9.17, 15) is 8.78 Å². The van der Waals surface area contributed by atoms with Gasteiger partial charge in [-0.2, -0.15) is 4.98 Å². The molecule has 0 unspecified atom stereocenters. The summed E-state index contributed by atoms with van der Waals surface area (Å²) in [5.41, 5.74) is 5.54. The van der Waals surface area contributed by atoms with Gasteiger partial charge in [-0.1, -0.05) is 18.0 Å². The molecule has 1 heterocycles. The molecule has 0 amide bonds. The maximum absolute atomic E-state index is 13.6. The van der Waals surface area contributed by atoms with Gasteiger partial charge in [0, 0.05) is 0 Å². The Bertz CT molecular complexity index is 611. The molecule has 1 fully saturated rings. The van der Waals surface area contributed by atoms with E-state index in [2.05, 4.69) is 10.1 Å². The molecule has 2 N–H and O–H groups in total. The number of nitrogens with two attached hydrogens (primary N) is 1. The summed E-state index contributed by atoms with van der Waals surface area (Å²) >= 11 is 0. The maximum Gasteiger partial charge on any atom is 0.261 e. The molecule has 4 nitrogen and oxygen atoms in total. The van der Waals surface area contributed by atoms with Crippen LogP contribution in [0.25, 0.3) is 11.5 Å². The Balaban J connectivity index is 0.00000147. The van der Waals surface area contributed by atoms with Crippen molar-refractivity contribution >= 4 is 12.4 Å². The lowest BCUT2D eigenvalue weighted by Gasteiger charge is -2.17. The zero-order valence-electron chi connectivity index (χ0n) is 10.6. The Labute approximate surface area is 120 Å². The average Bonchev–Trinajstić information content (AvgIpc) is 3.02. The van der Waals surface area contributed by atoms with Gasteiger partial charge in [0.05, 0.1) is 11.1 Å². The number of aromatic nitrogens is 2. The van der Waals surface area contributed by atoms with Crippen LogP contribution in [0.2, 0.25) is 0 Å². The summed E-state index contributed by atoms with van der Waals surface area (Å²) in [6.45, 7) is 0. The molecular weight excluding hydrogens is 288 g/mol. The van der Waals surface area contributed by atoms with Crippen LogP contribution >= 0.6 is 12.4 Å². The van der Waals surface area contributed by atoms with Crippen molar-refractivity contribution in [1.29, 1.82) is 0 Å². The molecule has 0 bridgehead atoms. The summed E-state index contributed by atoms with van der Waals surface area (Å²) in [6, 6.07) is 3.10. The van der Waals surface area contributed by atoms with Crippen LogP contribution < -0.4 is 5.73 Å². The van der Waals surface area contributed by atoms with Gasteiger partial charge in [-0.05, 0) is 31.0 Å². The van der Waals surface area contributed by atoms with Crippen LogP contribution in [0.4, 0.5) is 8.78 Å². The minimum Gasteiger partial charge on any atom is -0.334 e. The molecule has 3 rings (SSSR count). The normalized spacial score (nSPS) is 16.9. The van der Waals surface area contributed by atoms with Crippen molar-refractivity contribution in [2.45, 2.75) is 31.2 Å². The Kier molecular flexibility index (Phi) is 4.06. The van der Waals surface area contributed by atoms with E-state index in [-0.39, 0.29) is 23.9 Å². The van der Waals surface area contributed by atoms with Gasteiger partial charge in [0.25, 0.3) is 5.89 Å². The highest BCUT2D eigenvalue weighted by Crippen LogP contribution is 2.35. The van der Waals surface area contributed by atoms with Gasteiger partial charge in [0.15, 0.2) is 5.82 Å². The molecule has 1 aromatic carbocycles. The van der Waals surface area contributed by atoms with Gasteiger partial charge in [0.2, 0.25) is 0 Å². The fraction of sp³-hybridized carbons (Fsp3) is 0.385. The van der Waals surface area contributed by atoms with Crippen LogP contribution in [-0.2, 0) is 5.54 Å². The third-order valence-corrected chi connectivity index (χ3v) is 3.53. The number of benzene rings is 1. The predicted molar refractivity (Wildman–Crippen MR) is 71.2 cm³/mol. The zero-order chi connectivity index (χ0) is 13.5. The van der Waals surface area contributed by atoms with Crippen LogP contribution in [0.5, 0.6) is 0 Å². The monoisotopic (exact) mass is 301 g/mol. The van der Waals surface area contributed by atoms with E-state index in [1.54, 1.807) is 0 Å². The standard InChI is InChI=1S/C13H13F2N3O.ClH/c14-8-3-4-10(15)9(7-8)11-17-12(18-19-11)13(16)5-1-2-6-13;/h3-4,7H,1-2,5-6,16H2;1H. The minimum atomic E-state index is -0.606. The number of hydrogen-bond acceptors (Lipinski definition) is 4. The summed E-state index contributed by atoms with van der Waals surface area (Å²) in [5.74, 6) is -0.832. The number of hydrogen-bond donors (Lipinski definition) is 1. The van der Waals surface area contributed by atoms with Crippen molar-refractivity contribution in [2.24, 2.45) is 5.73 Å². The van der Waals surface area contributed by atoms with Gasteiger partial charge >= 0.3 is 0 Å². The Morgan fingerprint density at radius 1 is 1.20 bits per heavy atom. The molecule has 1 saturated carbocycles. The van der Waals surface area contributed by atoms with Crippen molar-refractivity contribution in [3.05, 3.63) is 35.7 Å². The van der Waals surface area contributed by atoms with Crippen LogP contribution in [0.15, 0.2) is 22.7 Å². The van der Waals surface area contributed by atoms with Crippen molar-refractivity contribution in [3.8, 4) is 11.5 Å². The second-order valence-electron chi connectivity index (χ2n) is 4.91. The summed E-state index contributed by atoms with van der Waals surface area (Å²) in [7, 11) is 0. The van der Waals surface area contributed by atoms with Gasteiger partial charge in [-0.3, -0.25) is 0 Å². The molecular formula is C13H14ClF2N3O. The quantitative estimate of drug-likeness (QED) is 0.925. The third-order valence-electron chi connectivity index (χ3n) is 3.53. The van der Waals surface area contributed by atoms with E-state index in [1.807, 2.05) is 0 Å². The lowest BCUT2D eigenvalue weighted by atomic mass is 9.99. The molecule has 20 heavy (non-hydrogen) atoms. The molecule has 108 valence electrons. The molecule has 1 aromatic heterocycles. The first kappa shape index (κ1) is 14.9.